The second-order valence-electron chi connectivity index (χ2n) is 9.81. The van der Waals surface area contributed by atoms with Gasteiger partial charge in [-0.25, -0.2) is 4.98 Å². The summed E-state index contributed by atoms with van der Waals surface area (Å²) in [6, 6.07) is 12.0. The average Bonchev–Trinajstić information content (AvgIpc) is 2.81. The summed E-state index contributed by atoms with van der Waals surface area (Å²) >= 11 is 0. The summed E-state index contributed by atoms with van der Waals surface area (Å²) in [7, 11) is 2.16. The monoisotopic (exact) mass is 441 g/mol. The predicted molar refractivity (Wildman–Crippen MR) is 128 cm³/mol. The summed E-state index contributed by atoms with van der Waals surface area (Å²) in [6.07, 6.45) is 3.67. The minimum Gasteiger partial charge on any atom is -0.369 e. The van der Waals surface area contributed by atoms with Gasteiger partial charge in [-0.1, -0.05) is 6.92 Å². The number of hydrogen-bond donors (Lipinski definition) is 1. The van der Waals surface area contributed by atoms with Crippen LogP contribution in [0.5, 0.6) is 0 Å². The van der Waals surface area contributed by atoms with Gasteiger partial charge in [0.05, 0.1) is 5.54 Å². The van der Waals surface area contributed by atoms with Crippen molar-refractivity contribution in [3.8, 4) is 6.07 Å². The van der Waals surface area contributed by atoms with Gasteiger partial charge in [0.2, 0.25) is 5.95 Å². The van der Waals surface area contributed by atoms with Gasteiger partial charge in [-0.3, -0.25) is 9.36 Å². The highest BCUT2D eigenvalue weighted by Gasteiger charge is 2.65. The molecule has 33 heavy (non-hydrogen) atoms. The van der Waals surface area contributed by atoms with Crippen LogP contribution in [0.1, 0.15) is 25.3 Å². The Kier molecular flexibility index (Phi) is 4.46. The lowest BCUT2D eigenvalue weighted by Crippen LogP contribution is -2.69. The average molecular weight is 442 g/mol. The molecule has 0 amide bonds. The molecule has 8 nitrogen and oxygen atoms in total. The molecule has 3 saturated carbocycles. The number of nitrogens with zero attached hydrogens (tertiary/aromatic N) is 6. The zero-order chi connectivity index (χ0) is 22.7. The van der Waals surface area contributed by atoms with E-state index < -0.39 is 0 Å². The van der Waals surface area contributed by atoms with Crippen LogP contribution in [0, 0.1) is 23.2 Å². The highest BCUT2D eigenvalue weighted by Crippen LogP contribution is 2.66. The molecule has 0 unspecified atom stereocenters. The molecule has 0 spiro atoms. The molecular weight excluding hydrogens is 414 g/mol. The third-order valence-electron chi connectivity index (χ3n) is 8.08. The third kappa shape index (κ3) is 3.03. The summed E-state index contributed by atoms with van der Waals surface area (Å²) in [4.78, 5) is 27.1. The van der Waals surface area contributed by atoms with E-state index in [1.54, 1.807) is 16.8 Å². The van der Waals surface area contributed by atoms with E-state index >= 15 is 0 Å². The predicted octanol–water partition coefficient (Wildman–Crippen LogP) is 2.91. The summed E-state index contributed by atoms with van der Waals surface area (Å²) in [5.74, 6) is 1.56. The van der Waals surface area contributed by atoms with Crippen molar-refractivity contribution in [3.63, 3.8) is 0 Å². The molecule has 8 heteroatoms. The smallest absolute Gasteiger partial charge is 0.270 e. The van der Waals surface area contributed by atoms with Gasteiger partial charge in [-0.05, 0) is 62.1 Å². The molecule has 4 fully saturated rings. The Morgan fingerprint density at radius 1 is 1.15 bits per heavy atom. The molecule has 3 aromatic rings. The Bertz CT molecular complexity index is 1330. The Hall–Kier alpha value is -3.44. The van der Waals surface area contributed by atoms with Crippen molar-refractivity contribution in [1.82, 2.24) is 19.4 Å². The number of benzene rings is 1. The fourth-order valence-corrected chi connectivity index (χ4v) is 5.68. The number of aromatic nitrogens is 3. The fourth-order valence-electron chi connectivity index (χ4n) is 5.68. The van der Waals surface area contributed by atoms with E-state index in [9.17, 15) is 10.1 Å². The first kappa shape index (κ1) is 20.2. The number of pyridine rings is 1. The number of rotatable bonds is 4. The SMILES string of the molecule is C[C@H]1C2CC1(n1c(=O)c(C#N)cc3cnc(Nc4ccc(N5CCN(C)CC5)cc4)nc31)C2. The Morgan fingerprint density at radius 3 is 2.48 bits per heavy atom. The van der Waals surface area contributed by atoms with Crippen molar-refractivity contribution in [2.75, 3.05) is 43.4 Å². The molecule has 0 radical (unpaired) electrons. The number of anilines is 3. The highest BCUT2D eigenvalue weighted by molar-refractivity contribution is 5.78. The van der Waals surface area contributed by atoms with Gasteiger partial charge in [0.15, 0.2) is 0 Å². The van der Waals surface area contributed by atoms with Gasteiger partial charge in [-0.15, -0.1) is 0 Å². The molecule has 1 aliphatic heterocycles. The standard InChI is InChI=1S/C25H27N7O/c1-16-19-12-25(16,13-19)32-22-18(11-17(14-26)23(32)33)15-27-24(29-22)28-20-3-5-21(6-4-20)31-9-7-30(2)8-10-31/h3-6,11,15-16,19H,7-10,12-13H2,1-2H3,(H,27,28,29)/t16-,19?,25?/m0/s1. The topological polar surface area (TPSA) is 90.1 Å². The molecule has 1 aromatic carbocycles. The first-order valence-corrected chi connectivity index (χ1v) is 11.6. The van der Waals surface area contributed by atoms with Crippen molar-refractivity contribution in [2.24, 2.45) is 11.8 Å². The molecule has 2 aromatic heterocycles. The van der Waals surface area contributed by atoms with Crippen LogP contribution < -0.4 is 15.8 Å². The van der Waals surface area contributed by atoms with Gasteiger partial charge in [0, 0.05) is 49.1 Å². The van der Waals surface area contributed by atoms with E-state index in [-0.39, 0.29) is 16.7 Å². The van der Waals surface area contributed by atoms with Gasteiger partial charge in [0.25, 0.3) is 5.56 Å². The Morgan fingerprint density at radius 2 is 1.88 bits per heavy atom. The van der Waals surface area contributed by atoms with Crippen LogP contribution in [0.25, 0.3) is 11.0 Å². The second-order valence-corrected chi connectivity index (χ2v) is 9.81. The van der Waals surface area contributed by atoms with E-state index in [1.807, 2.05) is 12.1 Å². The zero-order valence-corrected chi connectivity index (χ0v) is 19.0. The number of nitrogens with one attached hydrogen (secondary N) is 1. The Balaban J connectivity index is 1.32. The van der Waals surface area contributed by atoms with Crippen molar-refractivity contribution in [3.05, 3.63) is 52.4 Å². The molecule has 2 bridgehead atoms. The minimum absolute atomic E-state index is 0.156. The number of likely N-dealkylation sites (N-methyl/N-ethyl adjacent to an activating group) is 1. The third-order valence-corrected chi connectivity index (χ3v) is 8.08. The van der Waals surface area contributed by atoms with Gasteiger partial charge < -0.3 is 15.1 Å². The quantitative estimate of drug-likeness (QED) is 0.666. The molecule has 1 saturated heterocycles. The van der Waals surface area contributed by atoms with E-state index in [2.05, 4.69) is 52.3 Å². The molecule has 3 aliphatic carbocycles. The molecule has 1 N–H and O–H groups in total. The Labute approximate surface area is 192 Å². The molecule has 1 atom stereocenters. The van der Waals surface area contributed by atoms with Gasteiger partial charge in [0.1, 0.15) is 17.3 Å². The van der Waals surface area contributed by atoms with Crippen molar-refractivity contribution in [1.29, 1.82) is 5.26 Å². The lowest BCUT2D eigenvalue weighted by atomic mass is 9.42. The normalized spacial score (nSPS) is 26.4. The maximum absolute atomic E-state index is 13.2. The molecule has 3 heterocycles. The molecule has 4 aliphatic rings. The van der Waals surface area contributed by atoms with E-state index in [4.69, 9.17) is 4.98 Å². The first-order chi connectivity index (χ1) is 16.0. The van der Waals surface area contributed by atoms with Crippen LogP contribution in [0.4, 0.5) is 17.3 Å². The maximum atomic E-state index is 13.2. The highest BCUT2D eigenvalue weighted by atomic mass is 16.1. The van der Waals surface area contributed by atoms with Crippen LogP contribution in [-0.4, -0.2) is 52.7 Å². The van der Waals surface area contributed by atoms with Crippen LogP contribution in [0.15, 0.2) is 41.3 Å². The summed E-state index contributed by atoms with van der Waals surface area (Å²) < 4.78 is 1.79. The zero-order valence-electron chi connectivity index (χ0n) is 19.0. The van der Waals surface area contributed by atoms with E-state index in [0.29, 0.717) is 23.4 Å². The van der Waals surface area contributed by atoms with Crippen LogP contribution in [-0.2, 0) is 5.54 Å². The molecular formula is C25H27N7O. The minimum atomic E-state index is -0.240. The molecule has 7 rings (SSSR count). The van der Waals surface area contributed by atoms with Crippen LogP contribution in [0.2, 0.25) is 0 Å². The second kappa shape index (κ2) is 7.29. The maximum Gasteiger partial charge on any atom is 0.270 e. The summed E-state index contributed by atoms with van der Waals surface area (Å²) in [6.45, 7) is 6.39. The number of nitriles is 1. The van der Waals surface area contributed by atoms with Gasteiger partial charge in [-0.2, -0.15) is 10.2 Å². The number of hydrogen-bond acceptors (Lipinski definition) is 7. The van der Waals surface area contributed by atoms with Crippen molar-refractivity contribution < 1.29 is 0 Å². The van der Waals surface area contributed by atoms with Gasteiger partial charge >= 0.3 is 0 Å². The number of fused-ring (bicyclic) bond motifs is 1. The van der Waals surface area contributed by atoms with Crippen molar-refractivity contribution >= 4 is 28.4 Å². The summed E-state index contributed by atoms with van der Waals surface area (Å²) in [5.41, 5.74) is 2.43. The lowest BCUT2D eigenvalue weighted by Gasteiger charge is -2.67. The fraction of sp³-hybridized carbons (Fsp3) is 0.440. The lowest BCUT2D eigenvalue weighted by molar-refractivity contribution is -0.162. The van der Waals surface area contributed by atoms with E-state index in [1.165, 1.54) is 5.69 Å². The van der Waals surface area contributed by atoms with E-state index in [0.717, 1.165) is 50.1 Å². The van der Waals surface area contributed by atoms with Crippen molar-refractivity contribution in [2.45, 2.75) is 25.3 Å². The largest absolute Gasteiger partial charge is 0.369 e. The first-order valence-electron chi connectivity index (χ1n) is 11.6. The molecule has 168 valence electrons. The summed E-state index contributed by atoms with van der Waals surface area (Å²) in [5, 5.41) is 13.5. The van der Waals surface area contributed by atoms with Crippen LogP contribution in [0.3, 0.4) is 0 Å². The number of piperazine rings is 1. The van der Waals surface area contributed by atoms with Crippen LogP contribution >= 0.6 is 0 Å².